The number of nitriles is 1. The maximum Gasteiger partial charge on any atom is 0.240 e. The highest BCUT2D eigenvalue weighted by atomic mass is 16.2. The van der Waals surface area contributed by atoms with E-state index in [4.69, 9.17) is 11.0 Å². The fraction of sp³-hybridized carbons (Fsp3) is 0.852. The predicted molar refractivity (Wildman–Crippen MR) is 126 cm³/mol. The van der Waals surface area contributed by atoms with Gasteiger partial charge < -0.3 is 15.5 Å². The molecule has 5 heteroatoms. The molecule has 0 radical (unpaired) electrons. The van der Waals surface area contributed by atoms with Gasteiger partial charge in [0.15, 0.2) is 0 Å². The molecule has 1 aliphatic heterocycles. The van der Waals surface area contributed by atoms with Crippen LogP contribution in [-0.2, 0) is 4.79 Å². The first kappa shape index (κ1) is 22.4. The Hall–Kier alpha value is -1.38. The molecule has 1 saturated heterocycles. The summed E-state index contributed by atoms with van der Waals surface area (Å²) in [7, 11) is 4.24. The van der Waals surface area contributed by atoms with Crippen LogP contribution >= 0.6 is 0 Å². The van der Waals surface area contributed by atoms with Crippen LogP contribution in [0.15, 0.2) is 11.6 Å². The lowest BCUT2D eigenvalue weighted by Gasteiger charge is -2.58. The van der Waals surface area contributed by atoms with Crippen molar-refractivity contribution >= 4 is 5.91 Å². The lowest BCUT2D eigenvalue weighted by Crippen LogP contribution is -2.54. The molecule has 5 rings (SSSR count). The number of carbonyl (C=O) groups is 1. The molecule has 176 valence electrons. The van der Waals surface area contributed by atoms with E-state index in [2.05, 4.69) is 31.9 Å². The van der Waals surface area contributed by atoms with Gasteiger partial charge in [-0.15, -0.1) is 0 Å². The van der Waals surface area contributed by atoms with Gasteiger partial charge in [0.1, 0.15) is 0 Å². The molecule has 0 bridgehead atoms. The number of likely N-dealkylation sites (N-methyl/N-ethyl adjacent to an activating group) is 1. The van der Waals surface area contributed by atoms with Crippen LogP contribution in [-0.4, -0.2) is 54.5 Å². The molecule has 9 atom stereocenters. The van der Waals surface area contributed by atoms with Gasteiger partial charge in [0, 0.05) is 25.7 Å². The van der Waals surface area contributed by atoms with Crippen LogP contribution in [0.2, 0.25) is 0 Å². The number of amides is 1. The van der Waals surface area contributed by atoms with Crippen LogP contribution in [0.4, 0.5) is 0 Å². The summed E-state index contributed by atoms with van der Waals surface area (Å²) in [6.45, 7) is 6.33. The monoisotopic (exact) mass is 438 g/mol. The molecule has 0 aromatic heterocycles. The Morgan fingerprint density at radius 1 is 1.28 bits per heavy atom. The first-order chi connectivity index (χ1) is 15.2. The number of carbonyl (C=O) groups excluding carboxylic acids is 1. The highest BCUT2D eigenvalue weighted by Gasteiger charge is 2.64. The Balaban J connectivity index is 1.34. The lowest BCUT2D eigenvalue weighted by molar-refractivity contribution is -0.134. The third-order valence-electron chi connectivity index (χ3n) is 11.2. The molecule has 2 N–H and O–H groups in total. The lowest BCUT2D eigenvalue weighted by atomic mass is 9.47. The molecular weight excluding hydrogens is 396 g/mol. The topological polar surface area (TPSA) is 73.4 Å². The molecule has 0 aromatic rings. The second-order valence-corrected chi connectivity index (χ2v) is 12.2. The molecule has 4 aliphatic carbocycles. The van der Waals surface area contributed by atoms with Crippen molar-refractivity contribution in [1.82, 2.24) is 9.80 Å². The number of rotatable bonds is 3. The third kappa shape index (κ3) is 3.05. The smallest absolute Gasteiger partial charge is 0.240 e. The average Bonchev–Trinajstić information content (AvgIpc) is 3.26. The van der Waals surface area contributed by atoms with Gasteiger partial charge >= 0.3 is 0 Å². The normalized spacial score (nSPS) is 46.2. The van der Waals surface area contributed by atoms with Crippen molar-refractivity contribution in [3.8, 4) is 6.07 Å². The summed E-state index contributed by atoms with van der Waals surface area (Å²) in [5.74, 6) is 3.39. The second-order valence-electron chi connectivity index (χ2n) is 12.2. The minimum Gasteiger partial charge on any atom is -0.341 e. The molecular formula is C27H42N4O. The zero-order valence-corrected chi connectivity index (χ0v) is 20.5. The van der Waals surface area contributed by atoms with Crippen molar-refractivity contribution in [2.24, 2.45) is 40.2 Å². The summed E-state index contributed by atoms with van der Waals surface area (Å²) >= 11 is 0. The summed E-state index contributed by atoms with van der Waals surface area (Å²) in [6, 6.07) is 2.31. The van der Waals surface area contributed by atoms with Crippen LogP contribution in [0.5, 0.6) is 0 Å². The Bertz CT molecular complexity index is 847. The highest BCUT2D eigenvalue weighted by molar-refractivity contribution is 5.82. The SMILES string of the molecule is C[C@H]1C2CC[C@H]3[C@@H]4CC=C5C[C@@H](N(C)C(=O)[C@H](N)CC#N)CC[C@]5(C)C4CC[C@]23CN1C. The van der Waals surface area contributed by atoms with Gasteiger partial charge in [-0.2, -0.15) is 5.26 Å². The van der Waals surface area contributed by atoms with Crippen molar-refractivity contribution in [2.75, 3.05) is 20.6 Å². The number of nitrogens with zero attached hydrogens (tertiary/aromatic N) is 3. The maximum absolute atomic E-state index is 12.7. The number of hydrogen-bond acceptors (Lipinski definition) is 4. The summed E-state index contributed by atoms with van der Waals surface area (Å²) in [5.41, 5.74) is 8.44. The molecule has 4 fully saturated rings. The summed E-state index contributed by atoms with van der Waals surface area (Å²) in [5, 5.41) is 8.91. The Labute approximate surface area is 194 Å². The van der Waals surface area contributed by atoms with E-state index in [1.165, 1.54) is 45.1 Å². The van der Waals surface area contributed by atoms with E-state index in [1.54, 1.807) is 5.57 Å². The molecule has 0 aromatic carbocycles. The Kier molecular flexibility index (Phi) is 5.49. The van der Waals surface area contributed by atoms with E-state index in [0.29, 0.717) is 10.8 Å². The number of allylic oxidation sites excluding steroid dienone is 1. The Morgan fingerprint density at radius 2 is 2.03 bits per heavy atom. The predicted octanol–water partition coefficient (Wildman–Crippen LogP) is 3.95. The number of fused-ring (bicyclic) bond motifs is 4. The van der Waals surface area contributed by atoms with Crippen molar-refractivity contribution < 1.29 is 4.79 Å². The van der Waals surface area contributed by atoms with Crippen LogP contribution in [0, 0.1) is 45.8 Å². The van der Waals surface area contributed by atoms with Gasteiger partial charge in [0.05, 0.1) is 18.5 Å². The molecule has 1 spiro atoms. The number of likely N-dealkylation sites (tertiary alicyclic amines) is 1. The van der Waals surface area contributed by atoms with Gasteiger partial charge in [-0.1, -0.05) is 18.6 Å². The summed E-state index contributed by atoms with van der Waals surface area (Å²) in [6.07, 6.45) is 12.8. The minimum atomic E-state index is -0.695. The van der Waals surface area contributed by atoms with Crippen molar-refractivity contribution in [1.29, 1.82) is 5.26 Å². The van der Waals surface area contributed by atoms with Crippen molar-refractivity contribution in [2.45, 2.75) is 89.8 Å². The number of nitrogens with two attached hydrogens (primary N) is 1. The molecule has 3 saturated carbocycles. The van der Waals surface area contributed by atoms with E-state index in [1.807, 2.05) is 18.0 Å². The largest absolute Gasteiger partial charge is 0.341 e. The second kappa shape index (κ2) is 7.84. The average molecular weight is 439 g/mol. The maximum atomic E-state index is 12.7. The van der Waals surface area contributed by atoms with Gasteiger partial charge in [0.25, 0.3) is 0 Å². The highest BCUT2D eigenvalue weighted by Crippen LogP contribution is 2.68. The van der Waals surface area contributed by atoms with Crippen LogP contribution < -0.4 is 5.73 Å². The van der Waals surface area contributed by atoms with Crippen LogP contribution in [0.1, 0.15) is 71.6 Å². The fourth-order valence-corrected chi connectivity index (χ4v) is 9.40. The van der Waals surface area contributed by atoms with Gasteiger partial charge in [-0.05, 0) is 99.8 Å². The van der Waals surface area contributed by atoms with Gasteiger partial charge in [0.2, 0.25) is 5.91 Å². The third-order valence-corrected chi connectivity index (χ3v) is 11.2. The van der Waals surface area contributed by atoms with E-state index < -0.39 is 6.04 Å². The zero-order valence-electron chi connectivity index (χ0n) is 20.5. The molecule has 1 heterocycles. The fourth-order valence-electron chi connectivity index (χ4n) is 9.40. The first-order valence-electron chi connectivity index (χ1n) is 13.0. The molecule has 32 heavy (non-hydrogen) atoms. The Morgan fingerprint density at radius 3 is 2.78 bits per heavy atom. The van der Waals surface area contributed by atoms with E-state index in [9.17, 15) is 4.79 Å². The first-order valence-corrected chi connectivity index (χ1v) is 13.0. The quantitative estimate of drug-likeness (QED) is 0.677. The van der Waals surface area contributed by atoms with Gasteiger partial charge in [-0.25, -0.2) is 0 Å². The molecule has 2 unspecified atom stereocenters. The zero-order chi connectivity index (χ0) is 22.8. The molecule has 5 nitrogen and oxygen atoms in total. The minimum absolute atomic E-state index is 0.0782. The van der Waals surface area contributed by atoms with Crippen molar-refractivity contribution in [3.05, 3.63) is 11.6 Å². The standard InChI is InChI=1S/C27H42N4O/c1-17-21-7-8-23-20-6-5-18-15-19(31(4)25(32)24(29)11-14-28)9-12-26(18,2)22(20)10-13-27(21,23)16-30(17)3/h5,17,19-24H,6-13,15-16,29H2,1-4H3/t17-,19-,20+,21?,22?,23-,24+,26-,27-/m0/s1. The van der Waals surface area contributed by atoms with Gasteiger partial charge in [-0.3, -0.25) is 4.79 Å². The van der Waals surface area contributed by atoms with E-state index >= 15 is 0 Å². The number of hydrogen-bond donors (Lipinski definition) is 1. The van der Waals surface area contributed by atoms with Crippen LogP contribution in [0.25, 0.3) is 0 Å². The summed E-state index contributed by atoms with van der Waals surface area (Å²) in [4.78, 5) is 17.2. The van der Waals surface area contributed by atoms with Crippen molar-refractivity contribution in [3.63, 3.8) is 0 Å². The van der Waals surface area contributed by atoms with Crippen LogP contribution in [0.3, 0.4) is 0 Å². The molecule has 5 aliphatic rings. The molecule has 1 amide bonds. The van der Waals surface area contributed by atoms with E-state index in [0.717, 1.165) is 42.6 Å². The summed E-state index contributed by atoms with van der Waals surface area (Å²) < 4.78 is 0. The van der Waals surface area contributed by atoms with E-state index in [-0.39, 0.29) is 18.4 Å².